The summed E-state index contributed by atoms with van der Waals surface area (Å²) < 4.78 is 4.99. The van der Waals surface area contributed by atoms with Crippen molar-refractivity contribution in [1.29, 1.82) is 0 Å². The zero-order chi connectivity index (χ0) is 11.4. The third-order valence-electron chi connectivity index (χ3n) is 2.36. The highest BCUT2D eigenvalue weighted by Crippen LogP contribution is 2.17. The predicted octanol–water partition coefficient (Wildman–Crippen LogP) is 0.241. The van der Waals surface area contributed by atoms with Crippen LogP contribution in [0.5, 0.6) is 0 Å². The molecule has 1 aliphatic rings. The Labute approximate surface area is 94.3 Å². The Balaban J connectivity index is 1.73. The van der Waals surface area contributed by atoms with Gasteiger partial charge in [-0.25, -0.2) is 0 Å². The molecule has 0 amide bonds. The van der Waals surface area contributed by atoms with Crippen molar-refractivity contribution in [2.75, 3.05) is 6.54 Å². The molecule has 0 radical (unpaired) electrons. The first-order chi connectivity index (χ1) is 7.78. The Morgan fingerprint density at radius 3 is 3.06 bits per heavy atom. The van der Waals surface area contributed by atoms with E-state index in [1.54, 1.807) is 0 Å². The van der Waals surface area contributed by atoms with E-state index in [0.717, 1.165) is 6.42 Å². The van der Waals surface area contributed by atoms with Gasteiger partial charge in [0.1, 0.15) is 0 Å². The molecule has 1 aromatic heterocycles. The van der Waals surface area contributed by atoms with Gasteiger partial charge in [0.05, 0.1) is 0 Å². The lowest BCUT2D eigenvalue weighted by Crippen LogP contribution is -2.33. The molecule has 16 heavy (non-hydrogen) atoms. The van der Waals surface area contributed by atoms with Crippen molar-refractivity contribution in [3.63, 3.8) is 0 Å². The molecule has 1 saturated carbocycles. The van der Waals surface area contributed by atoms with Crippen molar-refractivity contribution in [3.8, 4) is 0 Å². The average molecular weight is 223 g/mol. The van der Waals surface area contributed by atoms with E-state index < -0.39 is 0 Å². The molecule has 1 aromatic rings. The van der Waals surface area contributed by atoms with E-state index in [0.29, 0.717) is 36.7 Å². The number of hydrogen-bond acceptors (Lipinski definition) is 4. The molecule has 0 bridgehead atoms. The SMILES string of the molecule is CCc1nc(CCN=C(N)NC2CC2)no1. The van der Waals surface area contributed by atoms with Crippen molar-refractivity contribution >= 4 is 5.96 Å². The van der Waals surface area contributed by atoms with E-state index in [-0.39, 0.29) is 0 Å². The number of nitrogens with two attached hydrogens (primary N) is 1. The molecule has 6 nitrogen and oxygen atoms in total. The second-order valence-corrected chi connectivity index (χ2v) is 3.89. The lowest BCUT2D eigenvalue weighted by molar-refractivity contribution is 0.376. The smallest absolute Gasteiger partial charge is 0.226 e. The number of rotatable bonds is 5. The fourth-order valence-electron chi connectivity index (χ4n) is 1.29. The van der Waals surface area contributed by atoms with Crippen molar-refractivity contribution in [2.24, 2.45) is 10.7 Å². The number of nitrogens with one attached hydrogen (secondary N) is 1. The molecule has 2 rings (SSSR count). The van der Waals surface area contributed by atoms with E-state index in [4.69, 9.17) is 10.3 Å². The van der Waals surface area contributed by atoms with Crippen molar-refractivity contribution in [2.45, 2.75) is 38.6 Å². The van der Waals surface area contributed by atoms with Crippen molar-refractivity contribution in [1.82, 2.24) is 15.5 Å². The summed E-state index contributed by atoms with van der Waals surface area (Å²) in [6.07, 6.45) is 3.82. The van der Waals surface area contributed by atoms with Crippen LogP contribution in [-0.2, 0) is 12.8 Å². The Kier molecular flexibility index (Phi) is 3.38. The maximum Gasteiger partial charge on any atom is 0.226 e. The van der Waals surface area contributed by atoms with Crippen LogP contribution in [0, 0.1) is 0 Å². The molecule has 1 fully saturated rings. The van der Waals surface area contributed by atoms with Gasteiger partial charge in [0.25, 0.3) is 0 Å². The summed E-state index contributed by atoms with van der Waals surface area (Å²) in [4.78, 5) is 8.39. The largest absolute Gasteiger partial charge is 0.370 e. The molecule has 0 saturated heterocycles. The highest BCUT2D eigenvalue weighted by Gasteiger charge is 2.21. The van der Waals surface area contributed by atoms with Crippen LogP contribution in [-0.4, -0.2) is 28.7 Å². The van der Waals surface area contributed by atoms with Crippen LogP contribution in [0.3, 0.4) is 0 Å². The molecule has 6 heteroatoms. The minimum absolute atomic E-state index is 0.515. The summed E-state index contributed by atoms with van der Waals surface area (Å²) in [5.74, 6) is 1.88. The van der Waals surface area contributed by atoms with Crippen LogP contribution in [0.25, 0.3) is 0 Å². The lowest BCUT2D eigenvalue weighted by atomic mass is 10.4. The maximum absolute atomic E-state index is 5.68. The number of aliphatic imine (C=N–C) groups is 1. The Bertz CT molecular complexity index is 369. The second-order valence-electron chi connectivity index (χ2n) is 3.89. The van der Waals surface area contributed by atoms with Crippen LogP contribution in [0.2, 0.25) is 0 Å². The van der Waals surface area contributed by atoms with Crippen LogP contribution in [0.1, 0.15) is 31.5 Å². The van der Waals surface area contributed by atoms with Gasteiger partial charge in [-0.1, -0.05) is 12.1 Å². The third kappa shape index (κ3) is 3.22. The molecular formula is C10H17N5O. The number of hydrogen-bond donors (Lipinski definition) is 2. The van der Waals surface area contributed by atoms with Gasteiger partial charge in [-0.15, -0.1) is 0 Å². The highest BCUT2D eigenvalue weighted by molar-refractivity contribution is 5.78. The minimum Gasteiger partial charge on any atom is -0.370 e. The second kappa shape index (κ2) is 4.96. The minimum atomic E-state index is 0.515. The average Bonchev–Trinajstić information content (AvgIpc) is 2.96. The van der Waals surface area contributed by atoms with Crippen molar-refractivity contribution < 1.29 is 4.52 Å². The Hall–Kier alpha value is -1.59. The zero-order valence-electron chi connectivity index (χ0n) is 9.44. The first-order valence-corrected chi connectivity index (χ1v) is 5.66. The zero-order valence-corrected chi connectivity index (χ0v) is 9.44. The topological polar surface area (TPSA) is 89.3 Å². The van der Waals surface area contributed by atoms with Gasteiger partial charge in [-0.2, -0.15) is 4.98 Å². The summed E-state index contributed by atoms with van der Waals surface area (Å²) in [7, 11) is 0. The van der Waals surface area contributed by atoms with E-state index in [1.807, 2.05) is 6.92 Å². The van der Waals surface area contributed by atoms with E-state index in [2.05, 4.69) is 20.4 Å². The fourth-order valence-corrected chi connectivity index (χ4v) is 1.29. The van der Waals surface area contributed by atoms with E-state index >= 15 is 0 Å². The third-order valence-corrected chi connectivity index (χ3v) is 2.36. The van der Waals surface area contributed by atoms with Gasteiger partial charge in [0.2, 0.25) is 5.89 Å². The standard InChI is InChI=1S/C10H17N5O/c1-2-9-14-8(15-16-9)5-6-12-10(11)13-7-3-4-7/h7H,2-6H2,1H3,(H3,11,12,13). The van der Waals surface area contributed by atoms with Gasteiger partial charge < -0.3 is 15.6 Å². The normalized spacial score (nSPS) is 16.4. The number of aryl methyl sites for hydroxylation is 1. The monoisotopic (exact) mass is 223 g/mol. The fraction of sp³-hybridized carbons (Fsp3) is 0.700. The first kappa shape index (κ1) is 10.9. The summed E-state index contributed by atoms with van der Waals surface area (Å²) in [5, 5.41) is 6.96. The number of guanidine groups is 1. The Morgan fingerprint density at radius 2 is 2.44 bits per heavy atom. The van der Waals surface area contributed by atoms with Crippen molar-refractivity contribution in [3.05, 3.63) is 11.7 Å². The molecule has 3 N–H and O–H groups in total. The molecule has 88 valence electrons. The van der Waals surface area contributed by atoms with Gasteiger partial charge in [0.15, 0.2) is 11.8 Å². The summed E-state index contributed by atoms with van der Waals surface area (Å²) in [6, 6.07) is 0.542. The molecule has 1 aliphatic carbocycles. The van der Waals surface area contributed by atoms with Crippen LogP contribution in [0.15, 0.2) is 9.52 Å². The van der Waals surface area contributed by atoms with E-state index in [9.17, 15) is 0 Å². The molecule has 0 aromatic carbocycles. The maximum atomic E-state index is 5.68. The number of aromatic nitrogens is 2. The predicted molar refractivity (Wildman–Crippen MR) is 60.0 cm³/mol. The van der Waals surface area contributed by atoms with Crippen LogP contribution >= 0.6 is 0 Å². The van der Waals surface area contributed by atoms with Gasteiger partial charge in [0, 0.05) is 25.4 Å². The summed E-state index contributed by atoms with van der Waals surface area (Å²) in [5.41, 5.74) is 5.68. The van der Waals surface area contributed by atoms with Gasteiger partial charge in [-0.05, 0) is 12.8 Å². The lowest BCUT2D eigenvalue weighted by Gasteiger charge is -2.01. The molecular weight excluding hydrogens is 206 g/mol. The van der Waals surface area contributed by atoms with Crippen LogP contribution < -0.4 is 11.1 Å². The molecule has 1 heterocycles. The van der Waals surface area contributed by atoms with Gasteiger partial charge >= 0.3 is 0 Å². The number of nitrogens with zero attached hydrogens (tertiary/aromatic N) is 3. The Morgan fingerprint density at radius 1 is 1.62 bits per heavy atom. The molecule has 0 spiro atoms. The van der Waals surface area contributed by atoms with Crippen LogP contribution in [0.4, 0.5) is 0 Å². The summed E-state index contributed by atoms with van der Waals surface area (Å²) >= 11 is 0. The molecule has 0 aliphatic heterocycles. The highest BCUT2D eigenvalue weighted by atomic mass is 16.5. The molecule has 0 atom stereocenters. The van der Waals surface area contributed by atoms with E-state index in [1.165, 1.54) is 12.8 Å². The quantitative estimate of drug-likeness (QED) is 0.551. The molecule has 0 unspecified atom stereocenters. The van der Waals surface area contributed by atoms with Gasteiger partial charge in [-0.3, -0.25) is 4.99 Å². The summed E-state index contributed by atoms with van der Waals surface area (Å²) in [6.45, 7) is 2.57. The first-order valence-electron chi connectivity index (χ1n) is 5.66.